The van der Waals surface area contributed by atoms with Crippen LogP contribution in [-0.2, 0) is 11.2 Å². The number of thioether (sulfide) groups is 1. The Bertz CT molecular complexity index is 800. The van der Waals surface area contributed by atoms with E-state index in [-0.39, 0.29) is 11.5 Å². The number of aromatic nitrogens is 2. The monoisotopic (exact) mass is 344 g/mol. The fourth-order valence-electron chi connectivity index (χ4n) is 2.16. The molecule has 2 aromatic rings. The van der Waals surface area contributed by atoms with E-state index in [1.807, 2.05) is 44.2 Å². The van der Waals surface area contributed by atoms with Crippen molar-refractivity contribution in [2.45, 2.75) is 32.3 Å². The Labute approximate surface area is 144 Å². The number of aromatic amines is 1. The van der Waals surface area contributed by atoms with E-state index in [4.69, 9.17) is 0 Å². The molecule has 0 spiro atoms. The molecule has 0 aliphatic heterocycles. The number of amides is 1. The lowest BCUT2D eigenvalue weighted by Gasteiger charge is -2.08. The number of aryl methyl sites for hydroxylation is 1. The van der Waals surface area contributed by atoms with Crippen molar-refractivity contribution in [2.24, 2.45) is 5.10 Å². The number of hydrogen-bond acceptors (Lipinski definition) is 5. The van der Waals surface area contributed by atoms with Crippen LogP contribution in [0, 0.1) is 6.92 Å². The van der Waals surface area contributed by atoms with E-state index in [9.17, 15) is 9.59 Å². The summed E-state index contributed by atoms with van der Waals surface area (Å²) in [5.41, 5.74) is 5.41. The van der Waals surface area contributed by atoms with Crippen LogP contribution >= 0.6 is 11.8 Å². The molecule has 24 heavy (non-hydrogen) atoms. The van der Waals surface area contributed by atoms with Crippen LogP contribution < -0.4 is 11.0 Å². The Kier molecular flexibility index (Phi) is 6.31. The van der Waals surface area contributed by atoms with E-state index in [1.54, 1.807) is 0 Å². The highest BCUT2D eigenvalue weighted by atomic mass is 32.2. The zero-order valence-electron chi connectivity index (χ0n) is 13.9. The van der Waals surface area contributed by atoms with Crippen LogP contribution in [-0.4, -0.2) is 27.3 Å². The molecule has 0 atom stereocenters. The molecule has 0 saturated carbocycles. The van der Waals surface area contributed by atoms with Gasteiger partial charge in [-0.3, -0.25) is 9.59 Å². The van der Waals surface area contributed by atoms with Gasteiger partial charge in [-0.1, -0.05) is 49.0 Å². The zero-order valence-corrected chi connectivity index (χ0v) is 14.7. The maximum absolute atomic E-state index is 12.0. The van der Waals surface area contributed by atoms with Gasteiger partial charge in [-0.2, -0.15) is 5.10 Å². The predicted octanol–water partition coefficient (Wildman–Crippen LogP) is 2.27. The molecule has 0 bridgehead atoms. The highest BCUT2D eigenvalue weighted by Crippen LogP contribution is 2.15. The van der Waals surface area contributed by atoms with E-state index in [0.717, 1.165) is 11.3 Å². The number of nitrogens with one attached hydrogen (secondary N) is 2. The topological polar surface area (TPSA) is 87.2 Å². The lowest BCUT2D eigenvalue weighted by Crippen LogP contribution is -2.19. The lowest BCUT2D eigenvalue weighted by molar-refractivity contribution is -0.118. The highest BCUT2D eigenvalue weighted by Gasteiger charge is 2.10. The van der Waals surface area contributed by atoms with Gasteiger partial charge in [0.05, 0.1) is 5.71 Å². The van der Waals surface area contributed by atoms with Crippen molar-refractivity contribution in [1.82, 2.24) is 15.4 Å². The van der Waals surface area contributed by atoms with Crippen LogP contribution in [0.3, 0.4) is 0 Å². The maximum atomic E-state index is 12.0. The summed E-state index contributed by atoms with van der Waals surface area (Å²) in [4.78, 5) is 30.4. The summed E-state index contributed by atoms with van der Waals surface area (Å²) in [6.45, 7) is 5.17. The Morgan fingerprint density at radius 3 is 2.62 bits per heavy atom. The third-order valence-corrected chi connectivity index (χ3v) is 4.24. The van der Waals surface area contributed by atoms with Gasteiger partial charge in [0.15, 0.2) is 5.16 Å². The minimum Gasteiger partial charge on any atom is -0.301 e. The van der Waals surface area contributed by atoms with Gasteiger partial charge in [0.2, 0.25) is 5.91 Å². The first kappa shape index (κ1) is 17.9. The lowest BCUT2D eigenvalue weighted by atomic mass is 10.1. The predicted molar refractivity (Wildman–Crippen MR) is 96.5 cm³/mol. The van der Waals surface area contributed by atoms with Crippen molar-refractivity contribution in [2.75, 3.05) is 5.75 Å². The van der Waals surface area contributed by atoms with Gasteiger partial charge in [-0.15, -0.1) is 0 Å². The normalized spacial score (nSPS) is 11.4. The summed E-state index contributed by atoms with van der Waals surface area (Å²) in [7, 11) is 0. The summed E-state index contributed by atoms with van der Waals surface area (Å²) in [6, 6.07) is 9.57. The Balaban J connectivity index is 2.21. The van der Waals surface area contributed by atoms with E-state index in [0.29, 0.717) is 28.6 Å². The van der Waals surface area contributed by atoms with Crippen molar-refractivity contribution < 1.29 is 4.79 Å². The van der Waals surface area contributed by atoms with Crippen LogP contribution in [0.1, 0.15) is 30.7 Å². The molecule has 1 amide bonds. The van der Waals surface area contributed by atoms with E-state index in [2.05, 4.69) is 20.5 Å². The van der Waals surface area contributed by atoms with Gasteiger partial charge in [0, 0.05) is 23.9 Å². The standard InChI is InChI=1S/C17H20N4O2S/c1-4-14-11(2)18-17(19-16(14)23)24-10-15(21-20-12(3)22)13-8-6-5-7-9-13/h5-9H,4,10H2,1-3H3,(H,20,22)(H,18,19,23)/b21-15+. The van der Waals surface area contributed by atoms with Crippen molar-refractivity contribution in [3.8, 4) is 0 Å². The first-order valence-electron chi connectivity index (χ1n) is 7.62. The van der Waals surface area contributed by atoms with E-state index in [1.165, 1.54) is 18.7 Å². The van der Waals surface area contributed by atoms with Crippen LogP contribution in [0.25, 0.3) is 0 Å². The van der Waals surface area contributed by atoms with Gasteiger partial charge in [-0.05, 0) is 18.9 Å². The highest BCUT2D eigenvalue weighted by molar-refractivity contribution is 7.99. The fourth-order valence-corrected chi connectivity index (χ4v) is 3.03. The number of carbonyl (C=O) groups is 1. The smallest absolute Gasteiger partial charge is 0.254 e. The minimum absolute atomic E-state index is 0.104. The fraction of sp³-hybridized carbons (Fsp3) is 0.294. The number of benzene rings is 1. The summed E-state index contributed by atoms with van der Waals surface area (Å²) < 4.78 is 0. The second-order valence-electron chi connectivity index (χ2n) is 5.17. The maximum Gasteiger partial charge on any atom is 0.254 e. The molecule has 2 rings (SSSR count). The van der Waals surface area contributed by atoms with Crippen molar-refractivity contribution in [3.05, 3.63) is 57.5 Å². The number of nitrogens with zero attached hydrogens (tertiary/aromatic N) is 2. The average Bonchev–Trinajstić information content (AvgIpc) is 2.55. The molecule has 0 radical (unpaired) electrons. The minimum atomic E-state index is -0.233. The van der Waals surface area contributed by atoms with E-state index >= 15 is 0 Å². The quantitative estimate of drug-likeness (QED) is 0.364. The molecular weight excluding hydrogens is 324 g/mol. The third kappa shape index (κ3) is 4.79. The molecule has 2 N–H and O–H groups in total. The molecule has 7 heteroatoms. The third-order valence-electron chi connectivity index (χ3n) is 3.36. The molecule has 1 heterocycles. The molecule has 0 fully saturated rings. The zero-order chi connectivity index (χ0) is 17.5. The van der Waals surface area contributed by atoms with Gasteiger partial charge in [0.25, 0.3) is 5.56 Å². The molecule has 1 aromatic carbocycles. The number of hydrogen-bond donors (Lipinski definition) is 2. The largest absolute Gasteiger partial charge is 0.301 e. The van der Waals surface area contributed by atoms with Crippen LogP contribution in [0.2, 0.25) is 0 Å². The van der Waals surface area contributed by atoms with Crippen molar-refractivity contribution >= 4 is 23.4 Å². The molecule has 126 valence electrons. The van der Waals surface area contributed by atoms with Crippen molar-refractivity contribution in [3.63, 3.8) is 0 Å². The number of hydrazone groups is 1. The summed E-state index contributed by atoms with van der Waals surface area (Å²) in [5.74, 6) is 0.237. The van der Waals surface area contributed by atoms with Crippen LogP contribution in [0.5, 0.6) is 0 Å². The molecule has 6 nitrogen and oxygen atoms in total. The molecule has 0 saturated heterocycles. The Morgan fingerprint density at radius 2 is 2.04 bits per heavy atom. The first-order valence-corrected chi connectivity index (χ1v) is 8.61. The number of H-pyrrole nitrogens is 1. The van der Waals surface area contributed by atoms with Gasteiger partial charge in [-0.25, -0.2) is 10.4 Å². The second-order valence-corrected chi connectivity index (χ2v) is 6.13. The number of rotatable bonds is 6. The van der Waals surface area contributed by atoms with Crippen molar-refractivity contribution in [1.29, 1.82) is 0 Å². The van der Waals surface area contributed by atoms with Gasteiger partial charge in [0.1, 0.15) is 0 Å². The van der Waals surface area contributed by atoms with Gasteiger partial charge < -0.3 is 4.98 Å². The number of carbonyl (C=O) groups excluding carboxylic acids is 1. The molecule has 0 unspecified atom stereocenters. The summed E-state index contributed by atoms with van der Waals surface area (Å²) in [6.07, 6.45) is 0.651. The SMILES string of the molecule is CCc1c(C)nc(SC/C(=N\NC(C)=O)c2ccccc2)[nH]c1=O. The average molecular weight is 344 g/mol. The van der Waals surface area contributed by atoms with Gasteiger partial charge >= 0.3 is 0 Å². The first-order chi connectivity index (χ1) is 11.5. The molecule has 0 aliphatic carbocycles. The van der Waals surface area contributed by atoms with E-state index < -0.39 is 0 Å². The van der Waals surface area contributed by atoms with Crippen LogP contribution in [0.4, 0.5) is 0 Å². The molecule has 1 aromatic heterocycles. The molecule has 0 aliphatic rings. The second kappa shape index (κ2) is 8.44. The Morgan fingerprint density at radius 1 is 1.33 bits per heavy atom. The molecular formula is C17H20N4O2S. The Hall–Kier alpha value is -2.41. The summed E-state index contributed by atoms with van der Waals surface area (Å²) in [5, 5.41) is 4.71. The summed E-state index contributed by atoms with van der Waals surface area (Å²) >= 11 is 1.37. The van der Waals surface area contributed by atoms with Crippen LogP contribution in [0.15, 0.2) is 45.4 Å².